The zero-order valence-electron chi connectivity index (χ0n) is 15.4. The SMILES string of the molecule is CC(=O)N1CCCC1C(=O)N(Cc1ccccn1)C1CCCNCC1.Cl. The van der Waals surface area contributed by atoms with E-state index in [1.165, 1.54) is 0 Å². The third-order valence-electron chi connectivity index (χ3n) is 5.27. The molecule has 2 amide bonds. The lowest BCUT2D eigenvalue weighted by atomic mass is 10.0. The number of hydrogen-bond donors (Lipinski definition) is 1. The molecule has 2 fully saturated rings. The second kappa shape index (κ2) is 9.88. The Labute approximate surface area is 161 Å². The lowest BCUT2D eigenvalue weighted by molar-refractivity contribution is -0.145. The summed E-state index contributed by atoms with van der Waals surface area (Å²) >= 11 is 0. The summed E-state index contributed by atoms with van der Waals surface area (Å²) in [4.78, 5) is 33.4. The average molecular weight is 381 g/mol. The highest BCUT2D eigenvalue weighted by atomic mass is 35.5. The Bertz CT molecular complexity index is 590. The maximum atomic E-state index is 13.4. The first kappa shape index (κ1) is 20.6. The summed E-state index contributed by atoms with van der Waals surface area (Å²) < 4.78 is 0. The van der Waals surface area contributed by atoms with Gasteiger partial charge in [0, 0.05) is 25.7 Å². The summed E-state index contributed by atoms with van der Waals surface area (Å²) in [6.07, 6.45) is 6.45. The van der Waals surface area contributed by atoms with Gasteiger partial charge in [-0.25, -0.2) is 0 Å². The van der Waals surface area contributed by atoms with E-state index in [1.54, 1.807) is 18.0 Å². The summed E-state index contributed by atoms with van der Waals surface area (Å²) in [5.41, 5.74) is 0.903. The van der Waals surface area contributed by atoms with Crippen molar-refractivity contribution in [3.63, 3.8) is 0 Å². The van der Waals surface area contributed by atoms with E-state index in [4.69, 9.17) is 0 Å². The molecular weight excluding hydrogens is 352 g/mol. The van der Waals surface area contributed by atoms with Crippen LogP contribution in [-0.2, 0) is 16.1 Å². The number of hydrogen-bond acceptors (Lipinski definition) is 4. The molecule has 2 aliphatic heterocycles. The third kappa shape index (κ3) is 4.95. The standard InChI is InChI=1S/C19H28N4O2.ClH/c1-15(24)22-13-5-8-18(22)19(25)23(14-16-6-2-3-11-21-16)17-7-4-10-20-12-9-17;/h2-3,6,11,17-18,20H,4-5,7-10,12-14H2,1H3;1H. The van der Waals surface area contributed by atoms with E-state index in [2.05, 4.69) is 10.3 Å². The van der Waals surface area contributed by atoms with E-state index in [0.29, 0.717) is 13.1 Å². The number of aromatic nitrogens is 1. The van der Waals surface area contributed by atoms with Gasteiger partial charge in [-0.3, -0.25) is 14.6 Å². The van der Waals surface area contributed by atoms with Crippen molar-refractivity contribution in [3.05, 3.63) is 30.1 Å². The summed E-state index contributed by atoms with van der Waals surface area (Å²) in [6, 6.07) is 5.71. The lowest BCUT2D eigenvalue weighted by Gasteiger charge is -2.35. The summed E-state index contributed by atoms with van der Waals surface area (Å²) in [7, 11) is 0. The molecule has 6 nitrogen and oxygen atoms in total. The van der Waals surface area contributed by atoms with Crippen LogP contribution in [0.5, 0.6) is 0 Å². The third-order valence-corrected chi connectivity index (χ3v) is 5.27. The van der Waals surface area contributed by atoms with Crippen molar-refractivity contribution in [2.75, 3.05) is 19.6 Å². The molecule has 0 aromatic carbocycles. The first-order chi connectivity index (χ1) is 12.2. The molecule has 1 aromatic rings. The number of likely N-dealkylation sites (tertiary alicyclic amines) is 1. The average Bonchev–Trinajstić information content (AvgIpc) is 2.97. The Morgan fingerprint density at radius 2 is 2.08 bits per heavy atom. The van der Waals surface area contributed by atoms with Crippen LogP contribution in [0.1, 0.15) is 44.7 Å². The number of halogens is 1. The Morgan fingerprint density at radius 1 is 1.23 bits per heavy atom. The van der Waals surface area contributed by atoms with Crippen molar-refractivity contribution in [2.24, 2.45) is 0 Å². The van der Waals surface area contributed by atoms with E-state index in [9.17, 15) is 9.59 Å². The van der Waals surface area contributed by atoms with Crippen molar-refractivity contribution in [3.8, 4) is 0 Å². The molecule has 3 heterocycles. The largest absolute Gasteiger partial charge is 0.332 e. The molecule has 2 aliphatic rings. The first-order valence-electron chi connectivity index (χ1n) is 9.35. The minimum atomic E-state index is -0.308. The van der Waals surface area contributed by atoms with E-state index in [0.717, 1.165) is 50.9 Å². The predicted octanol–water partition coefficient (Wildman–Crippen LogP) is 1.98. The maximum Gasteiger partial charge on any atom is 0.245 e. The molecule has 2 atom stereocenters. The van der Waals surface area contributed by atoms with E-state index >= 15 is 0 Å². The number of carbonyl (C=O) groups excluding carboxylic acids is 2. The smallest absolute Gasteiger partial charge is 0.245 e. The second-order valence-electron chi connectivity index (χ2n) is 6.99. The van der Waals surface area contributed by atoms with Gasteiger partial charge in [-0.1, -0.05) is 6.07 Å². The molecule has 0 bridgehead atoms. The summed E-state index contributed by atoms with van der Waals surface area (Å²) in [5.74, 6) is 0.0847. The van der Waals surface area contributed by atoms with Gasteiger partial charge in [0.2, 0.25) is 11.8 Å². The van der Waals surface area contributed by atoms with Crippen LogP contribution in [0.15, 0.2) is 24.4 Å². The molecule has 144 valence electrons. The fourth-order valence-corrected chi connectivity index (χ4v) is 3.96. The number of amides is 2. The van der Waals surface area contributed by atoms with Gasteiger partial charge < -0.3 is 15.1 Å². The Balaban J connectivity index is 0.00000243. The van der Waals surface area contributed by atoms with Crippen LogP contribution in [0.3, 0.4) is 0 Å². The van der Waals surface area contributed by atoms with Gasteiger partial charge >= 0.3 is 0 Å². The molecule has 26 heavy (non-hydrogen) atoms. The first-order valence-corrected chi connectivity index (χ1v) is 9.35. The quantitative estimate of drug-likeness (QED) is 0.867. The van der Waals surface area contributed by atoms with Crippen LogP contribution in [0.4, 0.5) is 0 Å². The van der Waals surface area contributed by atoms with Crippen LogP contribution in [0, 0.1) is 0 Å². The lowest BCUT2D eigenvalue weighted by Crippen LogP contribution is -2.50. The Morgan fingerprint density at radius 3 is 2.81 bits per heavy atom. The minimum absolute atomic E-state index is 0. The second-order valence-corrected chi connectivity index (χ2v) is 6.99. The minimum Gasteiger partial charge on any atom is -0.332 e. The number of nitrogens with one attached hydrogen (secondary N) is 1. The Hall–Kier alpha value is -1.66. The number of carbonyl (C=O) groups is 2. The molecule has 2 saturated heterocycles. The van der Waals surface area contributed by atoms with Crippen molar-refractivity contribution >= 4 is 24.2 Å². The van der Waals surface area contributed by atoms with Crippen LogP contribution in [-0.4, -0.2) is 58.3 Å². The zero-order chi connectivity index (χ0) is 17.6. The number of pyridine rings is 1. The molecule has 3 rings (SSSR count). The highest BCUT2D eigenvalue weighted by Gasteiger charge is 2.37. The van der Waals surface area contributed by atoms with Gasteiger partial charge in [0.25, 0.3) is 0 Å². The molecule has 0 saturated carbocycles. The van der Waals surface area contributed by atoms with E-state index in [-0.39, 0.29) is 36.3 Å². The van der Waals surface area contributed by atoms with E-state index < -0.39 is 0 Å². The zero-order valence-corrected chi connectivity index (χ0v) is 16.2. The molecule has 0 radical (unpaired) electrons. The fourth-order valence-electron chi connectivity index (χ4n) is 3.96. The molecular formula is C19H29ClN4O2. The highest BCUT2D eigenvalue weighted by Crippen LogP contribution is 2.24. The fraction of sp³-hybridized carbons (Fsp3) is 0.632. The van der Waals surface area contributed by atoms with Crippen LogP contribution in [0.25, 0.3) is 0 Å². The van der Waals surface area contributed by atoms with Crippen molar-refractivity contribution in [2.45, 2.75) is 57.7 Å². The monoisotopic (exact) mass is 380 g/mol. The van der Waals surface area contributed by atoms with E-state index in [1.807, 2.05) is 23.1 Å². The van der Waals surface area contributed by atoms with Gasteiger partial charge in [0.1, 0.15) is 6.04 Å². The van der Waals surface area contributed by atoms with Crippen molar-refractivity contribution < 1.29 is 9.59 Å². The predicted molar refractivity (Wildman–Crippen MR) is 103 cm³/mol. The van der Waals surface area contributed by atoms with Crippen LogP contribution in [0.2, 0.25) is 0 Å². The summed E-state index contributed by atoms with van der Waals surface area (Å²) in [5, 5.41) is 3.41. The van der Waals surface area contributed by atoms with Gasteiger partial charge in [0.15, 0.2) is 0 Å². The van der Waals surface area contributed by atoms with Crippen molar-refractivity contribution in [1.29, 1.82) is 0 Å². The van der Waals surface area contributed by atoms with Gasteiger partial charge in [-0.15, -0.1) is 12.4 Å². The maximum absolute atomic E-state index is 13.4. The number of rotatable bonds is 4. The molecule has 7 heteroatoms. The molecule has 1 aromatic heterocycles. The molecule has 0 spiro atoms. The molecule has 2 unspecified atom stereocenters. The Kier molecular flexibility index (Phi) is 7.85. The van der Waals surface area contributed by atoms with Crippen molar-refractivity contribution in [1.82, 2.24) is 20.1 Å². The highest BCUT2D eigenvalue weighted by molar-refractivity contribution is 5.87. The molecule has 1 N–H and O–H groups in total. The normalized spacial score (nSPS) is 23.0. The number of nitrogens with zero attached hydrogens (tertiary/aromatic N) is 3. The van der Waals surface area contributed by atoms with Crippen LogP contribution < -0.4 is 5.32 Å². The summed E-state index contributed by atoms with van der Waals surface area (Å²) in [6.45, 7) is 4.70. The van der Waals surface area contributed by atoms with Gasteiger partial charge in [0.05, 0.1) is 12.2 Å². The van der Waals surface area contributed by atoms with Gasteiger partial charge in [-0.2, -0.15) is 0 Å². The molecule has 0 aliphatic carbocycles. The van der Waals surface area contributed by atoms with Crippen LogP contribution >= 0.6 is 12.4 Å². The topological polar surface area (TPSA) is 65.5 Å². The van der Waals surface area contributed by atoms with Gasteiger partial charge in [-0.05, 0) is 57.3 Å².